The van der Waals surface area contributed by atoms with Gasteiger partial charge in [0.15, 0.2) is 5.60 Å². The zero-order chi connectivity index (χ0) is 27.1. The molecule has 0 aromatic heterocycles. The van der Waals surface area contributed by atoms with E-state index in [2.05, 4.69) is 0 Å². The Morgan fingerprint density at radius 3 is 2.35 bits per heavy atom. The summed E-state index contributed by atoms with van der Waals surface area (Å²) >= 11 is 0. The third-order valence-electron chi connectivity index (χ3n) is 10.5. The molecular weight excluding hydrogens is 472 g/mol. The molecule has 2 saturated carbocycles. The Kier molecular flexibility index (Phi) is 6.08. The Morgan fingerprint density at radius 2 is 1.81 bits per heavy atom. The average molecular weight is 513 g/mol. The van der Waals surface area contributed by atoms with Crippen LogP contribution in [-0.2, 0) is 23.8 Å². The second-order valence-corrected chi connectivity index (χ2v) is 12.4. The monoisotopic (exact) mass is 512 g/mol. The van der Waals surface area contributed by atoms with Crippen LogP contribution in [0.4, 0.5) is 0 Å². The van der Waals surface area contributed by atoms with Crippen molar-refractivity contribution in [3.05, 3.63) is 47.0 Å². The number of carbonyl (C=O) groups excluding carboxylic acids is 2. The van der Waals surface area contributed by atoms with Gasteiger partial charge in [0, 0.05) is 50.0 Å². The van der Waals surface area contributed by atoms with E-state index in [0.717, 1.165) is 16.7 Å². The van der Waals surface area contributed by atoms with Gasteiger partial charge in [0.2, 0.25) is 0 Å². The summed E-state index contributed by atoms with van der Waals surface area (Å²) in [7, 11) is 1.60. The fourth-order valence-electron chi connectivity index (χ4n) is 8.79. The molecule has 9 atom stereocenters. The minimum Gasteiger partial charge on any atom is -0.454 e. The van der Waals surface area contributed by atoms with Gasteiger partial charge >= 0.3 is 5.97 Å². The summed E-state index contributed by atoms with van der Waals surface area (Å²) < 4.78 is 18.2. The van der Waals surface area contributed by atoms with Crippen molar-refractivity contribution in [1.82, 2.24) is 0 Å². The number of aliphatic hydroxyl groups excluding tert-OH is 1. The molecule has 7 heteroatoms. The molecule has 0 radical (unpaired) electrons. The number of aliphatic hydroxyl groups is 2. The molecule has 1 saturated heterocycles. The fraction of sp³-hybridized carbons (Fsp3) is 0.667. The smallest absolute Gasteiger partial charge is 0.303 e. The SMILES string of the molecule is CO[C@H]1C[C@H]2OC[C@@]2(OC(C)=O)[C@H]2[C@H](c3ccccc3)[C@]3(O)C[C@H](O)C(C)=C([C@@H](C)C(=O)[C@]12C)C3(C)C. The average Bonchev–Trinajstić information content (AvgIpc) is 2.83. The zero-order valence-corrected chi connectivity index (χ0v) is 22.9. The van der Waals surface area contributed by atoms with Crippen LogP contribution in [0.2, 0.25) is 0 Å². The van der Waals surface area contributed by atoms with E-state index in [9.17, 15) is 19.8 Å². The van der Waals surface area contributed by atoms with Crippen molar-refractivity contribution in [3.63, 3.8) is 0 Å². The number of rotatable bonds is 3. The lowest BCUT2D eigenvalue weighted by molar-refractivity contribution is -0.333. The second kappa shape index (κ2) is 8.47. The maximum Gasteiger partial charge on any atom is 0.303 e. The minimum absolute atomic E-state index is 0.0271. The highest BCUT2D eigenvalue weighted by Gasteiger charge is 2.76. The number of hydrogen-bond acceptors (Lipinski definition) is 7. The van der Waals surface area contributed by atoms with Crippen molar-refractivity contribution >= 4 is 11.8 Å². The molecule has 0 unspecified atom stereocenters. The highest BCUT2D eigenvalue weighted by molar-refractivity contribution is 5.91. The van der Waals surface area contributed by atoms with Gasteiger partial charge in [-0.3, -0.25) is 9.59 Å². The predicted molar refractivity (Wildman–Crippen MR) is 137 cm³/mol. The van der Waals surface area contributed by atoms with E-state index in [0.29, 0.717) is 6.42 Å². The number of Topliss-reactive ketones (excluding diaryl/α,β-unsaturated/α-hetero) is 1. The summed E-state index contributed by atoms with van der Waals surface area (Å²) in [4.78, 5) is 27.4. The van der Waals surface area contributed by atoms with Crippen molar-refractivity contribution in [2.45, 2.75) is 89.8 Å². The van der Waals surface area contributed by atoms with Crippen LogP contribution in [0, 0.1) is 22.7 Å². The first-order valence-electron chi connectivity index (χ1n) is 13.3. The van der Waals surface area contributed by atoms with Gasteiger partial charge in [-0.05, 0) is 30.6 Å². The molecule has 4 aliphatic rings. The quantitative estimate of drug-likeness (QED) is 0.472. The van der Waals surface area contributed by atoms with Crippen molar-refractivity contribution in [3.8, 4) is 0 Å². The lowest BCUT2D eigenvalue weighted by atomic mass is 9.41. The number of ether oxygens (including phenoxy) is 3. The number of ketones is 1. The largest absolute Gasteiger partial charge is 0.454 e. The molecule has 1 heterocycles. The van der Waals surface area contributed by atoms with Crippen LogP contribution in [0.15, 0.2) is 41.5 Å². The highest BCUT2D eigenvalue weighted by Crippen LogP contribution is 2.68. The third-order valence-corrected chi connectivity index (χ3v) is 10.5. The lowest BCUT2D eigenvalue weighted by Gasteiger charge is -2.69. The van der Waals surface area contributed by atoms with Crippen LogP contribution >= 0.6 is 0 Å². The molecule has 1 aliphatic heterocycles. The zero-order valence-electron chi connectivity index (χ0n) is 22.9. The molecule has 2 bridgehead atoms. The van der Waals surface area contributed by atoms with Crippen molar-refractivity contribution in [2.75, 3.05) is 13.7 Å². The second-order valence-electron chi connectivity index (χ2n) is 12.4. The normalized spacial score (nSPS) is 44.6. The number of hydrogen-bond donors (Lipinski definition) is 2. The van der Waals surface area contributed by atoms with E-state index < -0.39 is 64.1 Å². The Labute approximate surface area is 219 Å². The van der Waals surface area contributed by atoms with Gasteiger partial charge in [0.05, 0.1) is 29.8 Å². The number of fused-ring (bicyclic) bond motifs is 5. The van der Waals surface area contributed by atoms with Crippen LogP contribution in [0.1, 0.15) is 65.9 Å². The molecule has 1 aromatic carbocycles. The Balaban J connectivity index is 1.91. The molecule has 0 amide bonds. The summed E-state index contributed by atoms with van der Waals surface area (Å²) in [5.74, 6) is -2.38. The first-order chi connectivity index (χ1) is 17.3. The number of methoxy groups -OCH3 is 1. The van der Waals surface area contributed by atoms with Gasteiger partial charge in [-0.2, -0.15) is 0 Å². The summed E-state index contributed by atoms with van der Waals surface area (Å²) in [6.07, 6.45) is -1.38. The van der Waals surface area contributed by atoms with E-state index in [4.69, 9.17) is 14.2 Å². The molecule has 5 rings (SSSR count). The maximum atomic E-state index is 14.8. The van der Waals surface area contributed by atoms with Crippen molar-refractivity contribution in [1.29, 1.82) is 0 Å². The highest BCUT2D eigenvalue weighted by atomic mass is 16.6. The van der Waals surface area contributed by atoms with Gasteiger partial charge in [-0.1, -0.05) is 51.1 Å². The fourth-order valence-corrected chi connectivity index (χ4v) is 8.79. The van der Waals surface area contributed by atoms with Crippen LogP contribution in [0.25, 0.3) is 0 Å². The minimum atomic E-state index is -1.47. The van der Waals surface area contributed by atoms with Gasteiger partial charge < -0.3 is 24.4 Å². The molecule has 37 heavy (non-hydrogen) atoms. The van der Waals surface area contributed by atoms with E-state index in [1.807, 2.05) is 65.0 Å². The number of carbonyl (C=O) groups is 2. The van der Waals surface area contributed by atoms with Crippen LogP contribution < -0.4 is 0 Å². The van der Waals surface area contributed by atoms with E-state index in [-0.39, 0.29) is 18.8 Å². The molecule has 202 valence electrons. The molecule has 3 fully saturated rings. The lowest BCUT2D eigenvalue weighted by Crippen LogP contribution is -2.79. The molecule has 3 aliphatic carbocycles. The maximum absolute atomic E-state index is 14.8. The van der Waals surface area contributed by atoms with Crippen LogP contribution in [0.5, 0.6) is 0 Å². The molecular formula is C30H40O7. The predicted octanol–water partition coefficient (Wildman–Crippen LogP) is 3.57. The summed E-state index contributed by atoms with van der Waals surface area (Å²) in [5, 5.41) is 24.3. The Morgan fingerprint density at radius 1 is 1.16 bits per heavy atom. The Bertz CT molecular complexity index is 1140. The van der Waals surface area contributed by atoms with Gasteiger partial charge in [0.1, 0.15) is 11.9 Å². The van der Waals surface area contributed by atoms with Crippen molar-refractivity contribution < 1.29 is 34.0 Å². The molecule has 0 spiro atoms. The van der Waals surface area contributed by atoms with E-state index in [1.54, 1.807) is 7.11 Å². The van der Waals surface area contributed by atoms with E-state index >= 15 is 0 Å². The molecule has 1 aromatic rings. The summed E-state index contributed by atoms with van der Waals surface area (Å²) in [6.45, 7) is 11.1. The first kappa shape index (κ1) is 26.5. The number of benzene rings is 1. The van der Waals surface area contributed by atoms with Gasteiger partial charge in [-0.25, -0.2) is 0 Å². The van der Waals surface area contributed by atoms with Crippen molar-refractivity contribution in [2.24, 2.45) is 22.7 Å². The standard InChI is InChI=1S/C30H40O7/c1-16-20(32)14-30(34)24(19-11-9-8-10-12-19)25-28(6,26(33)17(2)23(16)27(30,4)5)21(35-7)13-22-29(25,15-36-22)37-18(3)31/h8-12,17,20-22,24-25,32,34H,13-15H2,1-7H3/t17-,20+,21+,22-,24+,25+,28-,29+,30-/m1/s1. The van der Waals surface area contributed by atoms with E-state index in [1.165, 1.54) is 6.92 Å². The summed E-state index contributed by atoms with van der Waals surface area (Å²) in [5.41, 5.74) is -2.19. The van der Waals surface area contributed by atoms with Crippen LogP contribution in [-0.4, -0.2) is 65.2 Å². The third kappa shape index (κ3) is 3.27. The van der Waals surface area contributed by atoms with Crippen LogP contribution in [0.3, 0.4) is 0 Å². The first-order valence-corrected chi connectivity index (χ1v) is 13.3. The van der Waals surface area contributed by atoms with Gasteiger partial charge in [-0.15, -0.1) is 0 Å². The molecule has 7 nitrogen and oxygen atoms in total. The summed E-state index contributed by atoms with van der Waals surface area (Å²) in [6, 6.07) is 9.65. The van der Waals surface area contributed by atoms with Gasteiger partial charge in [0.25, 0.3) is 0 Å². The number of esters is 1. The topological polar surface area (TPSA) is 102 Å². The Hall–Kier alpha value is -2.06. The molecule has 2 N–H and O–H groups in total.